The van der Waals surface area contributed by atoms with Gasteiger partial charge in [-0.15, -0.1) is 11.8 Å². The standard InChI is InChI=1S/C31H30Cl3N5O2S/c1-31(2,3)41-30(40)35-14-15-42-23-17-21(37-29(34)39-23)27-24(18-10-6-4-7-11-18)26(20-16-22(32)38-28(33)36-20)25(27)19-12-8-5-9-13-19/h4-13,16-17,24-27H,14-15H2,1-3H3,(H,35,40)/t24-,25-,26-,27-/m0/s1. The van der Waals surface area contributed by atoms with Crippen molar-refractivity contribution in [3.8, 4) is 0 Å². The summed E-state index contributed by atoms with van der Waals surface area (Å²) in [6.45, 7) is 5.90. The quantitative estimate of drug-likeness (QED) is 0.0895. The highest BCUT2D eigenvalue weighted by Gasteiger charge is 2.54. The molecule has 1 N–H and O–H groups in total. The van der Waals surface area contributed by atoms with Crippen LogP contribution in [-0.2, 0) is 4.74 Å². The van der Waals surface area contributed by atoms with Crippen LogP contribution in [0.1, 0.15) is 67.0 Å². The van der Waals surface area contributed by atoms with E-state index in [0.717, 1.165) is 27.5 Å². The van der Waals surface area contributed by atoms with Crippen LogP contribution in [0.4, 0.5) is 4.79 Å². The number of carbonyl (C=O) groups excluding carboxylic acids is 1. The monoisotopic (exact) mass is 641 g/mol. The number of amides is 1. The number of hydrogen-bond donors (Lipinski definition) is 1. The summed E-state index contributed by atoms with van der Waals surface area (Å²) < 4.78 is 5.32. The third-order valence-corrected chi connectivity index (χ3v) is 8.45. The van der Waals surface area contributed by atoms with Gasteiger partial charge in [-0.05, 0) is 67.2 Å². The molecule has 2 heterocycles. The van der Waals surface area contributed by atoms with Crippen molar-refractivity contribution in [2.45, 2.75) is 55.1 Å². The van der Waals surface area contributed by atoms with Gasteiger partial charge in [0, 0.05) is 36.0 Å². The van der Waals surface area contributed by atoms with Crippen molar-refractivity contribution in [1.29, 1.82) is 0 Å². The van der Waals surface area contributed by atoms with Crippen molar-refractivity contribution in [2.75, 3.05) is 12.3 Å². The number of benzene rings is 2. The number of alkyl carbamates (subject to hydrolysis) is 1. The van der Waals surface area contributed by atoms with Gasteiger partial charge < -0.3 is 10.1 Å². The van der Waals surface area contributed by atoms with Crippen LogP contribution >= 0.6 is 46.6 Å². The highest BCUT2D eigenvalue weighted by atomic mass is 35.5. The van der Waals surface area contributed by atoms with E-state index in [0.29, 0.717) is 17.5 Å². The van der Waals surface area contributed by atoms with Crippen LogP contribution in [0.15, 0.2) is 77.8 Å². The summed E-state index contributed by atoms with van der Waals surface area (Å²) in [4.78, 5) is 29.9. The third-order valence-electron chi connectivity index (χ3n) is 7.00. The maximum atomic E-state index is 12.0. The Labute approximate surface area is 264 Å². The van der Waals surface area contributed by atoms with Gasteiger partial charge >= 0.3 is 6.09 Å². The highest BCUT2D eigenvalue weighted by molar-refractivity contribution is 7.99. The zero-order valence-corrected chi connectivity index (χ0v) is 26.4. The zero-order chi connectivity index (χ0) is 29.9. The van der Waals surface area contributed by atoms with Crippen LogP contribution in [0.5, 0.6) is 0 Å². The number of carbonyl (C=O) groups is 1. The largest absolute Gasteiger partial charge is 0.444 e. The molecular weight excluding hydrogens is 613 g/mol. The maximum absolute atomic E-state index is 12.0. The molecular formula is C31H30Cl3N5O2S. The van der Waals surface area contributed by atoms with Gasteiger partial charge in [0.2, 0.25) is 10.6 Å². The lowest BCUT2D eigenvalue weighted by atomic mass is 9.50. The Hall–Kier alpha value is -2.91. The second-order valence-corrected chi connectivity index (χ2v) is 13.2. The number of ether oxygens (including phenoxy) is 1. The Morgan fingerprint density at radius 2 is 1.31 bits per heavy atom. The number of thioether (sulfide) groups is 1. The molecule has 218 valence electrons. The molecule has 2 aromatic heterocycles. The SMILES string of the molecule is CC(C)(C)OC(=O)NCCSc1cc([C@H]2[C@@H](c3ccccc3)[C@H](c3cc(Cl)nc(Cl)n3)[C@@H]2c2ccccc2)nc(Cl)n1. The molecule has 0 spiro atoms. The normalized spacial score (nSPS) is 20.0. The van der Waals surface area contributed by atoms with E-state index in [1.807, 2.05) is 63.2 Å². The minimum atomic E-state index is -0.556. The molecule has 5 rings (SSSR count). The average molecular weight is 643 g/mol. The number of nitrogens with zero attached hydrogens (tertiary/aromatic N) is 4. The van der Waals surface area contributed by atoms with Crippen molar-refractivity contribution < 1.29 is 9.53 Å². The minimum Gasteiger partial charge on any atom is -0.444 e. The second-order valence-electron chi connectivity index (χ2n) is 11.0. The minimum absolute atomic E-state index is 0.0103. The summed E-state index contributed by atoms with van der Waals surface area (Å²) in [5.74, 6) is 0.529. The predicted octanol–water partition coefficient (Wildman–Crippen LogP) is 8.29. The summed E-state index contributed by atoms with van der Waals surface area (Å²) in [7, 11) is 0. The van der Waals surface area contributed by atoms with Gasteiger partial charge in [0.15, 0.2) is 0 Å². The molecule has 0 radical (unpaired) electrons. The lowest BCUT2D eigenvalue weighted by Gasteiger charge is -2.52. The van der Waals surface area contributed by atoms with Crippen LogP contribution < -0.4 is 5.32 Å². The van der Waals surface area contributed by atoms with Crippen LogP contribution in [0.25, 0.3) is 0 Å². The van der Waals surface area contributed by atoms with Crippen molar-refractivity contribution in [3.63, 3.8) is 0 Å². The van der Waals surface area contributed by atoms with Crippen LogP contribution in [0.2, 0.25) is 15.7 Å². The lowest BCUT2D eigenvalue weighted by Crippen LogP contribution is -2.41. The molecule has 1 amide bonds. The Morgan fingerprint density at radius 1 is 0.786 bits per heavy atom. The fourth-order valence-electron chi connectivity index (χ4n) is 5.52. The maximum Gasteiger partial charge on any atom is 0.407 e. The van der Waals surface area contributed by atoms with Gasteiger partial charge in [-0.25, -0.2) is 24.7 Å². The molecule has 1 saturated carbocycles. The van der Waals surface area contributed by atoms with E-state index < -0.39 is 11.7 Å². The van der Waals surface area contributed by atoms with Crippen LogP contribution in [-0.4, -0.2) is 43.9 Å². The summed E-state index contributed by atoms with van der Waals surface area (Å²) in [5, 5.41) is 4.10. The van der Waals surface area contributed by atoms with E-state index in [-0.39, 0.29) is 34.2 Å². The van der Waals surface area contributed by atoms with Crippen molar-refractivity contribution in [2.24, 2.45) is 0 Å². The summed E-state index contributed by atoms with van der Waals surface area (Å²) in [6.07, 6.45) is -0.452. The number of hydrogen-bond acceptors (Lipinski definition) is 7. The molecule has 4 aromatic rings. The molecule has 0 bridgehead atoms. The van der Waals surface area contributed by atoms with Gasteiger partial charge in [0.05, 0.1) is 11.4 Å². The topological polar surface area (TPSA) is 89.9 Å². The van der Waals surface area contributed by atoms with E-state index >= 15 is 0 Å². The molecule has 2 aromatic carbocycles. The number of rotatable bonds is 8. The fourth-order valence-corrected chi connectivity index (χ4v) is 6.95. The molecule has 2 atom stereocenters. The van der Waals surface area contributed by atoms with Gasteiger partial charge in [0.1, 0.15) is 15.8 Å². The Morgan fingerprint density at radius 3 is 1.83 bits per heavy atom. The van der Waals surface area contributed by atoms with Gasteiger partial charge in [-0.3, -0.25) is 0 Å². The van der Waals surface area contributed by atoms with E-state index in [4.69, 9.17) is 44.5 Å². The first-order valence-electron chi connectivity index (χ1n) is 13.5. The highest BCUT2D eigenvalue weighted by Crippen LogP contribution is 2.66. The Kier molecular flexibility index (Phi) is 9.57. The summed E-state index contributed by atoms with van der Waals surface area (Å²) >= 11 is 20.7. The van der Waals surface area contributed by atoms with Crippen LogP contribution in [0.3, 0.4) is 0 Å². The molecule has 7 nitrogen and oxygen atoms in total. The van der Waals surface area contributed by atoms with Crippen molar-refractivity contribution >= 4 is 52.7 Å². The van der Waals surface area contributed by atoms with Gasteiger partial charge in [-0.2, -0.15) is 0 Å². The molecule has 42 heavy (non-hydrogen) atoms. The molecule has 0 aliphatic heterocycles. The summed E-state index contributed by atoms with van der Waals surface area (Å²) in [6, 6.07) is 24.4. The Balaban J connectivity index is 1.48. The summed E-state index contributed by atoms with van der Waals surface area (Å²) in [5.41, 5.74) is 3.36. The fraction of sp³-hybridized carbons (Fsp3) is 0.323. The zero-order valence-electron chi connectivity index (χ0n) is 23.3. The third kappa shape index (κ3) is 7.35. The smallest absolute Gasteiger partial charge is 0.407 e. The van der Waals surface area contributed by atoms with Crippen molar-refractivity contribution in [3.05, 3.63) is 111 Å². The first kappa shape index (κ1) is 30.5. The Bertz CT molecular complexity index is 1470. The van der Waals surface area contributed by atoms with Gasteiger partial charge in [-0.1, -0.05) is 72.3 Å². The van der Waals surface area contributed by atoms with Gasteiger partial charge in [0.25, 0.3) is 0 Å². The molecule has 1 fully saturated rings. The first-order valence-corrected chi connectivity index (χ1v) is 15.6. The molecule has 1 aliphatic carbocycles. The molecule has 0 unspecified atom stereocenters. The van der Waals surface area contributed by atoms with E-state index in [9.17, 15) is 4.79 Å². The van der Waals surface area contributed by atoms with E-state index in [2.05, 4.69) is 44.5 Å². The predicted molar refractivity (Wildman–Crippen MR) is 168 cm³/mol. The molecule has 0 saturated heterocycles. The van der Waals surface area contributed by atoms with Crippen molar-refractivity contribution in [1.82, 2.24) is 25.3 Å². The molecule has 11 heteroatoms. The van der Waals surface area contributed by atoms with E-state index in [1.165, 1.54) is 11.8 Å². The lowest BCUT2D eigenvalue weighted by molar-refractivity contribution is 0.0531. The first-order chi connectivity index (χ1) is 20.1. The second kappa shape index (κ2) is 13.2. The number of halogens is 3. The average Bonchev–Trinajstić information content (AvgIpc) is 2.90. The number of aromatic nitrogens is 4. The number of nitrogens with one attached hydrogen (secondary N) is 1. The molecule has 1 aliphatic rings. The van der Waals surface area contributed by atoms with Crippen LogP contribution in [0, 0.1) is 0 Å². The van der Waals surface area contributed by atoms with E-state index in [1.54, 1.807) is 6.07 Å².